The zero-order valence-electron chi connectivity index (χ0n) is 15.1. The summed E-state index contributed by atoms with van der Waals surface area (Å²) < 4.78 is 5.18. The molecule has 2 N–H and O–H groups in total. The maximum Gasteiger partial charge on any atom is 0.411 e. The van der Waals surface area contributed by atoms with E-state index in [0.29, 0.717) is 30.3 Å². The lowest BCUT2D eigenvalue weighted by molar-refractivity contribution is 0.0651. The number of carbonyl (C=O) groups is 2. The molecule has 0 unspecified atom stereocenters. The van der Waals surface area contributed by atoms with E-state index < -0.39 is 6.09 Å². The summed E-state index contributed by atoms with van der Waals surface area (Å²) in [5.74, 6) is 0.270. The van der Waals surface area contributed by atoms with Gasteiger partial charge in [-0.05, 0) is 48.6 Å². The summed E-state index contributed by atoms with van der Waals surface area (Å²) in [6, 6.07) is 16.2. The summed E-state index contributed by atoms with van der Waals surface area (Å²) in [5, 5.41) is 11.8. The zero-order chi connectivity index (χ0) is 19.1. The van der Waals surface area contributed by atoms with Crippen LogP contribution >= 0.6 is 0 Å². The van der Waals surface area contributed by atoms with Crippen molar-refractivity contribution >= 4 is 17.7 Å². The number of likely N-dealkylation sites (tertiary alicyclic amines) is 1. The number of ether oxygens (including phenoxy) is 1. The summed E-state index contributed by atoms with van der Waals surface area (Å²) in [5.41, 5.74) is 2.07. The van der Waals surface area contributed by atoms with Gasteiger partial charge in [0.15, 0.2) is 0 Å². The minimum atomic E-state index is -0.538. The number of anilines is 1. The highest BCUT2D eigenvalue weighted by atomic mass is 16.5. The number of aliphatic hydroxyl groups excluding tert-OH is 1. The van der Waals surface area contributed by atoms with Gasteiger partial charge >= 0.3 is 6.09 Å². The van der Waals surface area contributed by atoms with E-state index in [1.54, 1.807) is 24.3 Å². The Balaban J connectivity index is 1.49. The van der Waals surface area contributed by atoms with Crippen LogP contribution in [0.1, 0.15) is 28.8 Å². The molecule has 0 aliphatic carbocycles. The molecule has 27 heavy (non-hydrogen) atoms. The molecule has 0 spiro atoms. The monoisotopic (exact) mass is 368 g/mol. The van der Waals surface area contributed by atoms with Crippen LogP contribution in [0.4, 0.5) is 10.5 Å². The van der Waals surface area contributed by atoms with Crippen LogP contribution in [0.15, 0.2) is 54.6 Å². The molecule has 0 radical (unpaired) electrons. The Morgan fingerprint density at radius 1 is 1.04 bits per heavy atom. The highest BCUT2D eigenvalue weighted by molar-refractivity contribution is 5.95. The Morgan fingerprint density at radius 3 is 2.33 bits per heavy atom. The Hall–Kier alpha value is -2.86. The van der Waals surface area contributed by atoms with Crippen molar-refractivity contribution in [3.05, 3.63) is 65.7 Å². The van der Waals surface area contributed by atoms with Gasteiger partial charge in [0.2, 0.25) is 0 Å². The van der Waals surface area contributed by atoms with E-state index >= 15 is 0 Å². The largest absolute Gasteiger partial charge is 0.444 e. The van der Waals surface area contributed by atoms with Crippen LogP contribution in [-0.4, -0.2) is 41.7 Å². The lowest BCUT2D eigenvalue weighted by Gasteiger charge is -2.31. The number of nitrogens with zero attached hydrogens (tertiary/aromatic N) is 1. The van der Waals surface area contributed by atoms with Gasteiger partial charge in [0.1, 0.15) is 6.61 Å². The summed E-state index contributed by atoms with van der Waals surface area (Å²) in [4.78, 5) is 26.2. The first kappa shape index (κ1) is 18.9. The fourth-order valence-corrected chi connectivity index (χ4v) is 3.07. The van der Waals surface area contributed by atoms with Gasteiger partial charge in [0.05, 0.1) is 0 Å². The van der Waals surface area contributed by atoms with Gasteiger partial charge in [-0.1, -0.05) is 30.3 Å². The number of rotatable bonds is 5. The fraction of sp³-hybridized carbons (Fsp3) is 0.333. The summed E-state index contributed by atoms with van der Waals surface area (Å²) >= 11 is 0. The third-order valence-electron chi connectivity index (χ3n) is 4.75. The minimum Gasteiger partial charge on any atom is -0.444 e. The molecule has 0 saturated carbocycles. The number of nitrogens with one attached hydrogen (secondary N) is 1. The molecular formula is C21H24N2O4. The molecule has 1 aliphatic heterocycles. The van der Waals surface area contributed by atoms with Gasteiger partial charge in [-0.25, -0.2) is 4.79 Å². The van der Waals surface area contributed by atoms with Crippen molar-refractivity contribution < 1.29 is 19.4 Å². The van der Waals surface area contributed by atoms with Crippen LogP contribution in [0.25, 0.3) is 0 Å². The van der Waals surface area contributed by atoms with Crippen molar-refractivity contribution in [1.82, 2.24) is 4.90 Å². The average Bonchev–Trinajstić information content (AvgIpc) is 2.73. The molecule has 3 rings (SSSR count). The minimum absolute atomic E-state index is 0.0235. The van der Waals surface area contributed by atoms with Gasteiger partial charge in [-0.3, -0.25) is 10.1 Å². The second-order valence-electron chi connectivity index (χ2n) is 6.68. The third kappa shape index (κ3) is 5.31. The van der Waals surface area contributed by atoms with Crippen molar-refractivity contribution in [3.8, 4) is 0 Å². The summed E-state index contributed by atoms with van der Waals surface area (Å²) in [6.45, 7) is 1.71. The fourth-order valence-electron chi connectivity index (χ4n) is 3.07. The highest BCUT2D eigenvalue weighted by Gasteiger charge is 2.23. The highest BCUT2D eigenvalue weighted by Crippen LogP contribution is 2.19. The molecule has 1 aliphatic rings. The maximum absolute atomic E-state index is 12.5. The Labute approximate surface area is 158 Å². The SMILES string of the molecule is O=C(Nc1ccc(C(=O)N2CCC(CO)CC2)cc1)OCc1ccccc1. The zero-order valence-corrected chi connectivity index (χ0v) is 15.1. The van der Waals surface area contributed by atoms with E-state index in [4.69, 9.17) is 4.74 Å². The van der Waals surface area contributed by atoms with Crippen LogP contribution in [-0.2, 0) is 11.3 Å². The smallest absolute Gasteiger partial charge is 0.411 e. The van der Waals surface area contributed by atoms with Gasteiger partial charge in [0.25, 0.3) is 5.91 Å². The normalized spacial score (nSPS) is 14.6. The molecule has 2 aromatic rings. The molecule has 6 heteroatoms. The van der Waals surface area contributed by atoms with Crippen molar-refractivity contribution in [1.29, 1.82) is 0 Å². The Bertz CT molecular complexity index is 754. The number of hydrogen-bond donors (Lipinski definition) is 2. The van der Waals surface area contributed by atoms with Crippen molar-refractivity contribution in [2.75, 3.05) is 25.0 Å². The quantitative estimate of drug-likeness (QED) is 0.849. The predicted octanol–water partition coefficient (Wildman–Crippen LogP) is 3.28. The molecule has 0 atom stereocenters. The first-order valence-electron chi connectivity index (χ1n) is 9.13. The molecule has 1 heterocycles. The molecule has 6 nitrogen and oxygen atoms in total. The lowest BCUT2D eigenvalue weighted by Crippen LogP contribution is -2.39. The molecular weight excluding hydrogens is 344 g/mol. The van der Waals surface area contributed by atoms with Crippen molar-refractivity contribution in [3.63, 3.8) is 0 Å². The average molecular weight is 368 g/mol. The van der Waals surface area contributed by atoms with Crippen molar-refractivity contribution in [2.24, 2.45) is 5.92 Å². The summed E-state index contributed by atoms with van der Waals surface area (Å²) in [6.07, 6.45) is 1.12. The number of carbonyl (C=O) groups excluding carboxylic acids is 2. The van der Waals surface area contributed by atoms with Crippen LogP contribution in [0.2, 0.25) is 0 Å². The lowest BCUT2D eigenvalue weighted by atomic mass is 9.97. The van der Waals surface area contributed by atoms with E-state index in [-0.39, 0.29) is 19.1 Å². The molecule has 0 aromatic heterocycles. The number of benzene rings is 2. The number of hydrogen-bond acceptors (Lipinski definition) is 4. The van der Waals surface area contributed by atoms with E-state index in [0.717, 1.165) is 18.4 Å². The third-order valence-corrected chi connectivity index (χ3v) is 4.75. The second-order valence-corrected chi connectivity index (χ2v) is 6.68. The van der Waals surface area contributed by atoms with Crippen molar-refractivity contribution in [2.45, 2.75) is 19.4 Å². The number of piperidine rings is 1. The van der Waals surface area contributed by atoms with Gasteiger partial charge < -0.3 is 14.7 Å². The predicted molar refractivity (Wildman–Crippen MR) is 102 cm³/mol. The van der Waals surface area contributed by atoms with Crippen LogP contribution in [0.5, 0.6) is 0 Å². The van der Waals surface area contributed by atoms with E-state index in [9.17, 15) is 14.7 Å². The van der Waals surface area contributed by atoms with Crippen LogP contribution in [0.3, 0.4) is 0 Å². The number of aliphatic hydroxyl groups is 1. The van der Waals surface area contributed by atoms with Gasteiger partial charge in [-0.2, -0.15) is 0 Å². The van der Waals surface area contributed by atoms with E-state index in [1.807, 2.05) is 35.2 Å². The van der Waals surface area contributed by atoms with Crippen LogP contribution < -0.4 is 5.32 Å². The maximum atomic E-state index is 12.5. The molecule has 2 aromatic carbocycles. The molecule has 1 fully saturated rings. The first-order chi connectivity index (χ1) is 13.2. The first-order valence-corrected chi connectivity index (χ1v) is 9.13. The van der Waals surface area contributed by atoms with Crippen LogP contribution in [0, 0.1) is 5.92 Å². The molecule has 1 saturated heterocycles. The standard InChI is InChI=1S/C21H24N2O4/c24-14-16-10-12-23(13-11-16)20(25)18-6-8-19(9-7-18)22-21(26)27-15-17-4-2-1-3-5-17/h1-9,16,24H,10-15H2,(H,22,26). The number of amides is 2. The Morgan fingerprint density at radius 2 is 1.70 bits per heavy atom. The van der Waals surface area contributed by atoms with E-state index in [2.05, 4.69) is 5.32 Å². The Kier molecular flexibility index (Phi) is 6.44. The summed E-state index contributed by atoms with van der Waals surface area (Å²) in [7, 11) is 0. The molecule has 142 valence electrons. The van der Waals surface area contributed by atoms with E-state index in [1.165, 1.54) is 0 Å². The topological polar surface area (TPSA) is 78.9 Å². The van der Waals surface area contributed by atoms with Gasteiger partial charge in [-0.15, -0.1) is 0 Å². The van der Waals surface area contributed by atoms with Gasteiger partial charge in [0, 0.05) is 30.9 Å². The molecule has 2 amide bonds. The molecule has 0 bridgehead atoms. The second kappa shape index (κ2) is 9.19.